The van der Waals surface area contributed by atoms with E-state index in [1.807, 2.05) is 0 Å². The normalized spacial score (nSPS) is 29.8. The molecule has 1 N–H and O–H groups in total. The summed E-state index contributed by atoms with van der Waals surface area (Å²) in [6.45, 7) is 4.26. The first-order valence-corrected chi connectivity index (χ1v) is 6.15. The van der Waals surface area contributed by atoms with E-state index in [4.69, 9.17) is 4.52 Å². The van der Waals surface area contributed by atoms with Crippen LogP contribution in [0.1, 0.15) is 51.2 Å². The Morgan fingerprint density at radius 3 is 3.00 bits per heavy atom. The van der Waals surface area contributed by atoms with Crippen LogP contribution in [0.4, 0.5) is 0 Å². The molecule has 0 radical (unpaired) electrons. The van der Waals surface area contributed by atoms with Gasteiger partial charge in [-0.1, -0.05) is 19.0 Å². The molecule has 4 nitrogen and oxygen atoms in total. The Hall–Kier alpha value is -0.900. The zero-order chi connectivity index (χ0) is 11.6. The van der Waals surface area contributed by atoms with Crippen molar-refractivity contribution >= 4 is 0 Å². The Bertz CT molecular complexity index is 351. The first-order valence-electron chi connectivity index (χ1n) is 6.15. The lowest BCUT2D eigenvalue weighted by Crippen LogP contribution is -2.27. The average molecular weight is 224 g/mol. The molecule has 1 saturated carbocycles. The average Bonchev–Trinajstić information content (AvgIpc) is 2.75. The molecule has 1 fully saturated rings. The van der Waals surface area contributed by atoms with Crippen molar-refractivity contribution in [2.24, 2.45) is 5.92 Å². The Labute approximate surface area is 96.1 Å². The Balaban J connectivity index is 1.97. The van der Waals surface area contributed by atoms with Crippen molar-refractivity contribution in [2.45, 2.75) is 58.0 Å². The number of aromatic nitrogens is 2. The van der Waals surface area contributed by atoms with Gasteiger partial charge in [0.1, 0.15) is 0 Å². The van der Waals surface area contributed by atoms with Crippen LogP contribution in [-0.4, -0.2) is 20.8 Å². The largest absolute Gasteiger partial charge is 0.389 e. The predicted molar refractivity (Wildman–Crippen MR) is 60.0 cm³/mol. The van der Waals surface area contributed by atoms with Gasteiger partial charge in [0.05, 0.1) is 12.0 Å². The monoisotopic (exact) mass is 224 g/mol. The number of aliphatic hydroxyl groups is 1. The van der Waals surface area contributed by atoms with Gasteiger partial charge >= 0.3 is 0 Å². The molecular formula is C12H20N2O2. The fraction of sp³-hybridized carbons (Fsp3) is 0.833. The molecule has 90 valence electrons. The fourth-order valence-corrected chi connectivity index (χ4v) is 2.50. The lowest BCUT2D eigenvalue weighted by Gasteiger charge is -2.19. The van der Waals surface area contributed by atoms with Crippen LogP contribution in [0.25, 0.3) is 0 Å². The molecule has 0 aromatic carbocycles. The van der Waals surface area contributed by atoms with Gasteiger partial charge in [0.2, 0.25) is 5.89 Å². The molecule has 0 aliphatic heterocycles. The van der Waals surface area contributed by atoms with Crippen molar-refractivity contribution in [2.75, 3.05) is 0 Å². The highest BCUT2D eigenvalue weighted by Gasteiger charge is 2.36. The van der Waals surface area contributed by atoms with E-state index in [1.165, 1.54) is 0 Å². The topological polar surface area (TPSA) is 59.2 Å². The minimum atomic E-state index is -0.616. The minimum Gasteiger partial charge on any atom is -0.389 e. The SMILES string of the molecule is CCCc1noc(C[C@]2(O)CC[C@H](C)C2)n1. The highest BCUT2D eigenvalue weighted by Crippen LogP contribution is 2.36. The molecule has 1 aliphatic carbocycles. The quantitative estimate of drug-likeness (QED) is 0.851. The number of nitrogens with zero attached hydrogens (tertiary/aromatic N) is 2. The van der Waals surface area contributed by atoms with Gasteiger partial charge in [-0.15, -0.1) is 0 Å². The Morgan fingerprint density at radius 2 is 2.38 bits per heavy atom. The van der Waals surface area contributed by atoms with Gasteiger partial charge in [0, 0.05) is 6.42 Å². The Kier molecular flexibility index (Phi) is 3.28. The zero-order valence-electron chi connectivity index (χ0n) is 10.1. The molecule has 0 bridgehead atoms. The van der Waals surface area contributed by atoms with Crippen molar-refractivity contribution < 1.29 is 9.63 Å². The van der Waals surface area contributed by atoms with Gasteiger partial charge in [-0.25, -0.2) is 0 Å². The lowest BCUT2D eigenvalue weighted by atomic mass is 9.97. The maximum atomic E-state index is 10.3. The van der Waals surface area contributed by atoms with E-state index in [2.05, 4.69) is 24.0 Å². The number of aryl methyl sites for hydroxylation is 1. The van der Waals surface area contributed by atoms with Crippen LogP contribution in [0.3, 0.4) is 0 Å². The number of rotatable bonds is 4. The van der Waals surface area contributed by atoms with Gasteiger partial charge in [0.15, 0.2) is 5.82 Å². The molecule has 0 unspecified atom stereocenters. The highest BCUT2D eigenvalue weighted by atomic mass is 16.5. The first kappa shape index (κ1) is 11.6. The standard InChI is InChI=1S/C12H20N2O2/c1-3-4-10-13-11(16-14-10)8-12(15)6-5-9(2)7-12/h9,15H,3-8H2,1-2H3/t9-,12-/m0/s1. The molecule has 4 heteroatoms. The summed E-state index contributed by atoms with van der Waals surface area (Å²) < 4.78 is 5.16. The maximum absolute atomic E-state index is 10.3. The van der Waals surface area contributed by atoms with Gasteiger partial charge in [-0.2, -0.15) is 4.98 Å². The molecule has 2 atom stereocenters. The van der Waals surface area contributed by atoms with Gasteiger partial charge in [0.25, 0.3) is 0 Å². The van der Waals surface area contributed by atoms with E-state index in [9.17, 15) is 5.11 Å². The van der Waals surface area contributed by atoms with E-state index in [0.717, 1.165) is 37.9 Å². The van der Waals surface area contributed by atoms with Crippen molar-refractivity contribution in [3.63, 3.8) is 0 Å². The van der Waals surface area contributed by atoms with Crippen molar-refractivity contribution in [1.82, 2.24) is 10.1 Å². The summed E-state index contributed by atoms with van der Waals surface area (Å²) in [7, 11) is 0. The van der Waals surface area contributed by atoms with Crippen molar-refractivity contribution in [3.05, 3.63) is 11.7 Å². The van der Waals surface area contributed by atoms with Crippen molar-refractivity contribution in [3.8, 4) is 0 Å². The summed E-state index contributed by atoms with van der Waals surface area (Å²) in [4.78, 5) is 4.30. The lowest BCUT2D eigenvalue weighted by molar-refractivity contribution is 0.0368. The summed E-state index contributed by atoms with van der Waals surface area (Å²) in [6.07, 6.45) is 5.15. The highest BCUT2D eigenvalue weighted by molar-refractivity contribution is 4.97. The van der Waals surface area contributed by atoms with E-state index in [-0.39, 0.29) is 0 Å². The van der Waals surface area contributed by atoms with Crippen LogP contribution < -0.4 is 0 Å². The number of hydrogen-bond donors (Lipinski definition) is 1. The third-order valence-corrected chi connectivity index (χ3v) is 3.29. The summed E-state index contributed by atoms with van der Waals surface area (Å²) in [5.41, 5.74) is -0.616. The molecule has 2 rings (SSSR count). The van der Waals surface area contributed by atoms with Crippen LogP contribution in [0, 0.1) is 5.92 Å². The first-order chi connectivity index (χ1) is 7.61. The molecule has 16 heavy (non-hydrogen) atoms. The summed E-state index contributed by atoms with van der Waals surface area (Å²) in [5, 5.41) is 14.2. The fourth-order valence-electron chi connectivity index (χ4n) is 2.50. The summed E-state index contributed by atoms with van der Waals surface area (Å²) in [5.74, 6) is 1.94. The van der Waals surface area contributed by atoms with Gasteiger partial charge in [-0.05, 0) is 31.6 Å². The number of hydrogen-bond acceptors (Lipinski definition) is 4. The smallest absolute Gasteiger partial charge is 0.229 e. The maximum Gasteiger partial charge on any atom is 0.229 e. The second-order valence-corrected chi connectivity index (χ2v) is 5.10. The van der Waals surface area contributed by atoms with Crippen molar-refractivity contribution in [1.29, 1.82) is 0 Å². The molecule has 1 aromatic heterocycles. The van der Waals surface area contributed by atoms with Crippen LogP contribution in [-0.2, 0) is 12.8 Å². The van der Waals surface area contributed by atoms with Crippen LogP contribution in [0.2, 0.25) is 0 Å². The Morgan fingerprint density at radius 1 is 1.56 bits per heavy atom. The second kappa shape index (κ2) is 4.53. The van der Waals surface area contributed by atoms with Gasteiger partial charge < -0.3 is 9.63 Å². The second-order valence-electron chi connectivity index (χ2n) is 5.10. The summed E-state index contributed by atoms with van der Waals surface area (Å²) in [6, 6.07) is 0. The van der Waals surface area contributed by atoms with Gasteiger partial charge in [-0.3, -0.25) is 0 Å². The third kappa shape index (κ3) is 2.61. The van der Waals surface area contributed by atoms with Crippen LogP contribution in [0.5, 0.6) is 0 Å². The zero-order valence-corrected chi connectivity index (χ0v) is 10.1. The molecular weight excluding hydrogens is 204 g/mol. The third-order valence-electron chi connectivity index (χ3n) is 3.29. The van der Waals surface area contributed by atoms with E-state index in [1.54, 1.807) is 0 Å². The molecule has 0 spiro atoms. The van der Waals surface area contributed by atoms with Crippen LogP contribution >= 0.6 is 0 Å². The van der Waals surface area contributed by atoms with E-state index < -0.39 is 5.60 Å². The predicted octanol–water partition coefficient (Wildman–Crippen LogP) is 2.12. The molecule has 1 aromatic rings. The van der Waals surface area contributed by atoms with E-state index in [0.29, 0.717) is 18.2 Å². The summed E-state index contributed by atoms with van der Waals surface area (Å²) >= 11 is 0. The molecule has 1 heterocycles. The van der Waals surface area contributed by atoms with E-state index >= 15 is 0 Å². The molecule has 0 amide bonds. The van der Waals surface area contributed by atoms with Crippen LogP contribution in [0.15, 0.2) is 4.52 Å². The molecule has 0 saturated heterocycles. The molecule has 1 aliphatic rings. The minimum absolute atomic E-state index is 0.508.